The zero-order chi connectivity index (χ0) is 20.9. The average molecular weight is 420 g/mol. The van der Waals surface area contributed by atoms with Gasteiger partial charge in [-0.2, -0.15) is 0 Å². The molecule has 4 aromatic rings. The van der Waals surface area contributed by atoms with E-state index in [9.17, 15) is 4.79 Å². The number of amides is 1. The number of rotatable bonds is 7. The van der Waals surface area contributed by atoms with E-state index >= 15 is 0 Å². The maximum absolute atomic E-state index is 13.2. The summed E-state index contributed by atoms with van der Waals surface area (Å²) in [4.78, 5) is 19.6. The quantitative estimate of drug-likeness (QED) is 0.407. The summed E-state index contributed by atoms with van der Waals surface area (Å²) in [5.41, 5.74) is 2.60. The molecule has 1 aromatic heterocycles. The van der Waals surface area contributed by atoms with E-state index in [1.54, 1.807) is 11.0 Å². The topological polar surface area (TPSA) is 47.4 Å². The van der Waals surface area contributed by atoms with Crippen molar-refractivity contribution in [3.63, 3.8) is 0 Å². The minimum absolute atomic E-state index is 0.00848. The molecule has 0 spiro atoms. The Morgan fingerprint density at radius 3 is 2.47 bits per heavy atom. The van der Waals surface area contributed by atoms with Gasteiger partial charge in [0.05, 0.1) is 16.1 Å². The Morgan fingerprint density at radius 2 is 1.70 bits per heavy atom. The Balaban J connectivity index is 1.63. The lowest BCUT2D eigenvalue weighted by atomic mass is 10.2. The van der Waals surface area contributed by atoms with Crippen LogP contribution in [0.1, 0.15) is 12.7 Å². The van der Waals surface area contributed by atoms with Crippen molar-refractivity contribution < 1.29 is 9.53 Å². The van der Waals surface area contributed by atoms with Crippen LogP contribution in [-0.4, -0.2) is 22.0 Å². The highest BCUT2D eigenvalue weighted by Crippen LogP contribution is 2.25. The van der Waals surface area contributed by atoms with Gasteiger partial charge < -0.3 is 14.2 Å². The molecule has 1 amide bonds. The number of anilines is 1. The third-order valence-corrected chi connectivity index (χ3v) is 5.22. The van der Waals surface area contributed by atoms with Gasteiger partial charge in [-0.05, 0) is 43.3 Å². The Bertz CT molecular complexity index is 1160. The van der Waals surface area contributed by atoms with Crippen molar-refractivity contribution in [2.75, 3.05) is 11.4 Å². The van der Waals surface area contributed by atoms with Crippen LogP contribution in [0.4, 0.5) is 5.69 Å². The summed E-state index contributed by atoms with van der Waals surface area (Å²) in [6.45, 7) is 2.94. The number of carbonyl (C=O) groups is 1. The molecule has 0 aliphatic heterocycles. The number of fused-ring (bicyclic) bond motifs is 1. The largest absolute Gasteiger partial charge is 0.484 e. The van der Waals surface area contributed by atoms with Gasteiger partial charge in [-0.1, -0.05) is 54.1 Å². The van der Waals surface area contributed by atoms with E-state index in [0.29, 0.717) is 23.1 Å². The highest BCUT2D eigenvalue weighted by atomic mass is 35.5. The third kappa shape index (κ3) is 4.16. The normalized spacial score (nSPS) is 10.9. The number of aromatic nitrogens is 2. The van der Waals surface area contributed by atoms with Crippen LogP contribution in [-0.2, 0) is 17.9 Å². The summed E-state index contributed by atoms with van der Waals surface area (Å²) in [6.07, 6.45) is 0. The molecule has 0 saturated heterocycles. The van der Waals surface area contributed by atoms with Crippen LogP contribution < -0.4 is 9.64 Å². The van der Waals surface area contributed by atoms with Crippen LogP contribution >= 0.6 is 11.6 Å². The van der Waals surface area contributed by atoms with Crippen LogP contribution in [0.15, 0.2) is 78.9 Å². The molecule has 152 valence electrons. The van der Waals surface area contributed by atoms with Gasteiger partial charge >= 0.3 is 0 Å². The monoisotopic (exact) mass is 419 g/mol. The fraction of sp³-hybridized carbons (Fsp3) is 0.167. The van der Waals surface area contributed by atoms with Crippen LogP contribution in [0.3, 0.4) is 0 Å². The van der Waals surface area contributed by atoms with Crippen molar-refractivity contribution in [2.45, 2.75) is 20.1 Å². The number of halogens is 1. The second-order valence-electron chi connectivity index (χ2n) is 6.80. The summed E-state index contributed by atoms with van der Waals surface area (Å²) in [5.74, 6) is 1.25. The van der Waals surface area contributed by atoms with Gasteiger partial charge in [0, 0.05) is 12.2 Å². The highest BCUT2D eigenvalue weighted by Gasteiger charge is 2.19. The van der Waals surface area contributed by atoms with Crippen molar-refractivity contribution in [1.29, 1.82) is 0 Å². The fourth-order valence-corrected chi connectivity index (χ4v) is 3.64. The van der Waals surface area contributed by atoms with E-state index in [4.69, 9.17) is 21.3 Å². The van der Waals surface area contributed by atoms with Gasteiger partial charge in [-0.25, -0.2) is 4.98 Å². The zero-order valence-electron chi connectivity index (χ0n) is 16.7. The lowest BCUT2D eigenvalue weighted by molar-refractivity contribution is -0.119. The van der Waals surface area contributed by atoms with Gasteiger partial charge in [0.2, 0.25) is 5.91 Å². The Hall–Kier alpha value is -3.31. The fourth-order valence-electron chi connectivity index (χ4n) is 3.45. The number of nitrogens with zero attached hydrogens (tertiary/aromatic N) is 3. The standard InChI is InChI=1S/C24H22ClN3O2/c1-2-27(18-10-4-3-5-11-18)24(29)16-28-21-14-8-7-13-20(21)26-23(28)17-30-22-15-9-6-12-19(22)25/h3-15H,2,16-17H2,1H3. The molecule has 0 radical (unpaired) electrons. The predicted octanol–water partition coefficient (Wildman–Crippen LogP) is 5.32. The van der Waals surface area contributed by atoms with Gasteiger partial charge in [0.1, 0.15) is 24.7 Å². The predicted molar refractivity (Wildman–Crippen MR) is 120 cm³/mol. The lowest BCUT2D eigenvalue weighted by Gasteiger charge is -2.22. The van der Waals surface area contributed by atoms with Crippen molar-refractivity contribution >= 4 is 34.2 Å². The van der Waals surface area contributed by atoms with E-state index in [1.165, 1.54) is 0 Å². The molecule has 1 heterocycles. The number of para-hydroxylation sites is 4. The van der Waals surface area contributed by atoms with Crippen molar-refractivity contribution in [2.24, 2.45) is 0 Å². The van der Waals surface area contributed by atoms with Gasteiger partial charge in [0.25, 0.3) is 0 Å². The van der Waals surface area contributed by atoms with Crippen LogP contribution in [0.25, 0.3) is 11.0 Å². The summed E-state index contributed by atoms with van der Waals surface area (Å²) >= 11 is 6.21. The van der Waals surface area contributed by atoms with Crippen LogP contribution in [0.5, 0.6) is 5.75 Å². The zero-order valence-corrected chi connectivity index (χ0v) is 17.4. The first-order valence-corrected chi connectivity index (χ1v) is 10.2. The van der Waals surface area contributed by atoms with E-state index < -0.39 is 0 Å². The van der Waals surface area contributed by atoms with Crippen molar-refractivity contribution in [3.8, 4) is 5.75 Å². The molecule has 30 heavy (non-hydrogen) atoms. The molecule has 0 atom stereocenters. The number of hydrogen-bond donors (Lipinski definition) is 0. The SMILES string of the molecule is CCN(C(=O)Cn1c(COc2ccccc2Cl)nc2ccccc21)c1ccccc1. The molecule has 0 N–H and O–H groups in total. The molecule has 0 aliphatic carbocycles. The molecule has 0 unspecified atom stereocenters. The maximum Gasteiger partial charge on any atom is 0.246 e. The summed E-state index contributed by atoms with van der Waals surface area (Å²) in [6, 6.07) is 24.8. The third-order valence-electron chi connectivity index (χ3n) is 4.91. The first-order valence-electron chi connectivity index (χ1n) is 9.84. The minimum atomic E-state index is -0.00848. The lowest BCUT2D eigenvalue weighted by Crippen LogP contribution is -2.34. The second-order valence-corrected chi connectivity index (χ2v) is 7.20. The molecule has 6 heteroatoms. The molecular weight excluding hydrogens is 398 g/mol. The van der Waals surface area contributed by atoms with E-state index in [-0.39, 0.29) is 19.1 Å². The number of hydrogen-bond acceptors (Lipinski definition) is 3. The molecule has 0 saturated carbocycles. The van der Waals surface area contributed by atoms with E-state index in [2.05, 4.69) is 0 Å². The number of carbonyl (C=O) groups excluding carboxylic acids is 1. The maximum atomic E-state index is 13.2. The first-order chi connectivity index (χ1) is 14.7. The molecule has 4 rings (SSSR count). The van der Waals surface area contributed by atoms with Crippen LogP contribution in [0.2, 0.25) is 5.02 Å². The molecular formula is C24H22ClN3O2. The Kier molecular flexibility index (Phi) is 6.00. The smallest absolute Gasteiger partial charge is 0.246 e. The average Bonchev–Trinajstić information content (AvgIpc) is 3.12. The van der Waals surface area contributed by atoms with Gasteiger partial charge in [-0.15, -0.1) is 0 Å². The molecule has 5 nitrogen and oxygen atoms in total. The molecule has 0 bridgehead atoms. The second kappa shape index (κ2) is 9.01. The molecule has 0 aliphatic rings. The molecule has 0 fully saturated rings. The first kappa shape index (κ1) is 20.0. The van der Waals surface area contributed by atoms with Crippen LogP contribution in [0, 0.1) is 0 Å². The van der Waals surface area contributed by atoms with Gasteiger partial charge in [-0.3, -0.25) is 4.79 Å². The van der Waals surface area contributed by atoms with Gasteiger partial charge in [0.15, 0.2) is 0 Å². The van der Waals surface area contributed by atoms with Crippen molar-refractivity contribution in [1.82, 2.24) is 9.55 Å². The molecule has 3 aromatic carbocycles. The summed E-state index contributed by atoms with van der Waals surface area (Å²) < 4.78 is 7.82. The summed E-state index contributed by atoms with van der Waals surface area (Å²) in [5, 5.41) is 0.539. The van der Waals surface area contributed by atoms with E-state index in [1.807, 2.05) is 84.3 Å². The van der Waals surface area contributed by atoms with E-state index in [0.717, 1.165) is 16.7 Å². The van der Waals surface area contributed by atoms with Crippen molar-refractivity contribution in [3.05, 3.63) is 89.7 Å². The minimum Gasteiger partial charge on any atom is -0.484 e. The number of benzene rings is 3. The number of imidazole rings is 1. The number of likely N-dealkylation sites (N-methyl/N-ethyl adjacent to an activating group) is 1. The Morgan fingerprint density at radius 1 is 1.00 bits per heavy atom. The highest BCUT2D eigenvalue weighted by molar-refractivity contribution is 6.32. The number of ether oxygens (including phenoxy) is 1. The Labute approximate surface area is 180 Å². The summed E-state index contributed by atoms with van der Waals surface area (Å²) in [7, 11) is 0.